The van der Waals surface area contributed by atoms with Crippen molar-refractivity contribution in [3.8, 4) is 0 Å². The Morgan fingerprint density at radius 3 is 2.54 bits per heavy atom. The Balaban J connectivity index is 1.76. The minimum Gasteiger partial charge on any atom is -0.325 e. The molecule has 2 aromatic rings. The molecule has 0 aliphatic carbocycles. The zero-order chi connectivity index (χ0) is 20.5. The van der Waals surface area contributed by atoms with E-state index in [1.165, 1.54) is 38.1 Å². The van der Waals surface area contributed by atoms with E-state index < -0.39 is 35.7 Å². The molecular formula is C20H18FN3O4. The quantitative estimate of drug-likeness (QED) is 0.612. The number of nitrogens with one attached hydrogen (secondary N) is 2. The van der Waals surface area contributed by atoms with Gasteiger partial charge in [0, 0.05) is 16.8 Å². The molecule has 2 N–H and O–H groups in total. The maximum absolute atomic E-state index is 14.1. The standard InChI is InChI=1S/C20H18FN3O4/c1-12(25)13-6-5-7-14(10-13)22-17(26)11-24-18(27)20(2,23-19(24)28)15-8-3-4-9-16(15)21/h3-10H,11H2,1-2H3,(H,22,26)(H,23,28). The van der Waals surface area contributed by atoms with Crippen molar-refractivity contribution in [2.45, 2.75) is 19.4 Å². The van der Waals surface area contributed by atoms with E-state index in [2.05, 4.69) is 10.6 Å². The highest BCUT2D eigenvalue weighted by atomic mass is 19.1. The molecule has 1 aliphatic rings. The van der Waals surface area contributed by atoms with Crippen LogP contribution < -0.4 is 10.6 Å². The van der Waals surface area contributed by atoms with Crippen LogP contribution in [0.3, 0.4) is 0 Å². The maximum atomic E-state index is 14.1. The van der Waals surface area contributed by atoms with Crippen LogP contribution in [-0.2, 0) is 15.1 Å². The van der Waals surface area contributed by atoms with Gasteiger partial charge in [-0.25, -0.2) is 9.18 Å². The molecule has 0 radical (unpaired) electrons. The summed E-state index contributed by atoms with van der Waals surface area (Å²) in [6.45, 7) is 2.25. The van der Waals surface area contributed by atoms with Crippen LogP contribution in [0.15, 0.2) is 48.5 Å². The van der Waals surface area contributed by atoms with Gasteiger partial charge in [-0.1, -0.05) is 30.3 Å². The van der Waals surface area contributed by atoms with Gasteiger partial charge in [0.15, 0.2) is 5.78 Å². The first kappa shape index (κ1) is 19.2. The van der Waals surface area contributed by atoms with Crippen LogP contribution in [0.4, 0.5) is 14.9 Å². The summed E-state index contributed by atoms with van der Waals surface area (Å²) < 4.78 is 14.1. The SMILES string of the molecule is CC(=O)c1cccc(NC(=O)CN2C(=O)NC(C)(c3ccccc3F)C2=O)c1. The molecule has 1 aliphatic heterocycles. The van der Waals surface area contributed by atoms with E-state index in [1.54, 1.807) is 24.3 Å². The first-order chi connectivity index (χ1) is 13.2. The van der Waals surface area contributed by atoms with Crippen LogP contribution in [-0.4, -0.2) is 35.1 Å². The molecule has 0 spiro atoms. The zero-order valence-electron chi connectivity index (χ0n) is 15.3. The van der Waals surface area contributed by atoms with E-state index in [1.807, 2.05) is 0 Å². The third-order valence-corrected chi connectivity index (χ3v) is 4.54. The molecule has 0 aromatic heterocycles. The van der Waals surface area contributed by atoms with E-state index in [0.29, 0.717) is 11.3 Å². The summed E-state index contributed by atoms with van der Waals surface area (Å²) in [5.41, 5.74) is -0.802. The molecule has 7 nitrogen and oxygen atoms in total. The number of anilines is 1. The third kappa shape index (κ3) is 3.48. The van der Waals surface area contributed by atoms with Crippen molar-refractivity contribution in [1.82, 2.24) is 10.2 Å². The van der Waals surface area contributed by atoms with Crippen molar-refractivity contribution < 1.29 is 23.6 Å². The van der Waals surface area contributed by atoms with Crippen molar-refractivity contribution in [3.05, 3.63) is 65.5 Å². The molecule has 0 saturated carbocycles. The molecule has 0 bridgehead atoms. The summed E-state index contributed by atoms with van der Waals surface area (Å²) in [4.78, 5) is 49.5. The van der Waals surface area contributed by atoms with Crippen LogP contribution in [0, 0.1) is 5.82 Å². The zero-order valence-corrected chi connectivity index (χ0v) is 15.3. The lowest BCUT2D eigenvalue weighted by molar-refractivity contribution is -0.133. The molecule has 1 heterocycles. The molecular weight excluding hydrogens is 365 g/mol. The number of halogens is 1. The first-order valence-corrected chi connectivity index (χ1v) is 8.52. The lowest BCUT2D eigenvalue weighted by Gasteiger charge is -2.22. The summed E-state index contributed by atoms with van der Waals surface area (Å²) in [5, 5.41) is 5.00. The van der Waals surface area contributed by atoms with Crippen molar-refractivity contribution >= 4 is 29.3 Å². The van der Waals surface area contributed by atoms with Crippen LogP contribution in [0.25, 0.3) is 0 Å². The number of Topliss-reactive ketones (excluding diaryl/α,β-unsaturated/α-hetero) is 1. The fraction of sp³-hybridized carbons (Fsp3) is 0.200. The number of hydrogen-bond donors (Lipinski definition) is 2. The average Bonchev–Trinajstić information content (AvgIpc) is 2.86. The Hall–Kier alpha value is -3.55. The molecule has 1 atom stereocenters. The van der Waals surface area contributed by atoms with Crippen molar-refractivity contribution in [3.63, 3.8) is 0 Å². The van der Waals surface area contributed by atoms with Crippen molar-refractivity contribution in [2.24, 2.45) is 0 Å². The minimum absolute atomic E-state index is 0.0189. The van der Waals surface area contributed by atoms with Crippen LogP contribution in [0.5, 0.6) is 0 Å². The Bertz CT molecular complexity index is 991. The molecule has 1 fully saturated rings. The average molecular weight is 383 g/mol. The number of nitrogens with zero attached hydrogens (tertiary/aromatic N) is 1. The van der Waals surface area contributed by atoms with Crippen LogP contribution in [0.1, 0.15) is 29.8 Å². The molecule has 3 rings (SSSR count). The predicted molar refractivity (Wildman–Crippen MR) is 99.1 cm³/mol. The number of hydrogen-bond acceptors (Lipinski definition) is 4. The number of amides is 4. The highest BCUT2D eigenvalue weighted by Crippen LogP contribution is 2.30. The van der Waals surface area contributed by atoms with E-state index in [9.17, 15) is 23.6 Å². The van der Waals surface area contributed by atoms with Gasteiger partial charge in [-0.2, -0.15) is 0 Å². The van der Waals surface area contributed by atoms with E-state index in [0.717, 1.165) is 4.90 Å². The molecule has 4 amide bonds. The summed E-state index contributed by atoms with van der Waals surface area (Å²) in [7, 11) is 0. The lowest BCUT2D eigenvalue weighted by Crippen LogP contribution is -2.42. The topological polar surface area (TPSA) is 95.6 Å². The Morgan fingerprint density at radius 2 is 1.86 bits per heavy atom. The molecule has 28 heavy (non-hydrogen) atoms. The van der Waals surface area contributed by atoms with E-state index in [-0.39, 0.29) is 11.3 Å². The molecule has 144 valence electrons. The van der Waals surface area contributed by atoms with Crippen LogP contribution >= 0.6 is 0 Å². The van der Waals surface area contributed by atoms with Gasteiger partial charge in [-0.05, 0) is 32.0 Å². The smallest absolute Gasteiger partial charge is 0.325 e. The fourth-order valence-corrected chi connectivity index (χ4v) is 3.05. The van der Waals surface area contributed by atoms with Gasteiger partial charge < -0.3 is 10.6 Å². The van der Waals surface area contributed by atoms with Gasteiger partial charge in [-0.3, -0.25) is 19.3 Å². The second-order valence-corrected chi connectivity index (χ2v) is 6.61. The van der Waals surface area contributed by atoms with Gasteiger partial charge in [0.1, 0.15) is 17.9 Å². The monoisotopic (exact) mass is 383 g/mol. The number of carbonyl (C=O) groups excluding carboxylic acids is 4. The summed E-state index contributed by atoms with van der Waals surface area (Å²) in [6.07, 6.45) is 0. The Kier molecular flexibility index (Phi) is 4.96. The number of urea groups is 1. The highest BCUT2D eigenvalue weighted by molar-refractivity contribution is 6.10. The largest absolute Gasteiger partial charge is 0.325 e. The van der Waals surface area contributed by atoms with Crippen LogP contribution in [0.2, 0.25) is 0 Å². The molecule has 2 aromatic carbocycles. The number of ketones is 1. The van der Waals surface area contributed by atoms with E-state index in [4.69, 9.17) is 0 Å². The Morgan fingerprint density at radius 1 is 1.14 bits per heavy atom. The first-order valence-electron chi connectivity index (χ1n) is 8.52. The maximum Gasteiger partial charge on any atom is 0.325 e. The number of benzene rings is 2. The van der Waals surface area contributed by atoms with Gasteiger partial charge in [0.25, 0.3) is 5.91 Å². The number of imide groups is 1. The summed E-state index contributed by atoms with van der Waals surface area (Å²) >= 11 is 0. The number of carbonyl (C=O) groups is 4. The third-order valence-electron chi connectivity index (χ3n) is 4.54. The normalized spacial score (nSPS) is 18.8. The Labute approximate surface area is 160 Å². The summed E-state index contributed by atoms with van der Waals surface area (Å²) in [5.74, 6) is -2.14. The molecule has 1 saturated heterocycles. The van der Waals surface area contributed by atoms with Crippen molar-refractivity contribution in [1.29, 1.82) is 0 Å². The minimum atomic E-state index is -1.60. The lowest BCUT2D eigenvalue weighted by atomic mass is 9.91. The second kappa shape index (κ2) is 7.22. The predicted octanol–water partition coefficient (Wildman–Crippen LogP) is 2.43. The van der Waals surface area contributed by atoms with Crippen molar-refractivity contribution in [2.75, 3.05) is 11.9 Å². The fourth-order valence-electron chi connectivity index (χ4n) is 3.05. The van der Waals surface area contributed by atoms with Gasteiger partial charge in [0.05, 0.1) is 0 Å². The molecule has 1 unspecified atom stereocenters. The van der Waals surface area contributed by atoms with Gasteiger partial charge in [0.2, 0.25) is 5.91 Å². The summed E-state index contributed by atoms with van der Waals surface area (Å²) in [6, 6.07) is 11.1. The van der Waals surface area contributed by atoms with Gasteiger partial charge in [-0.15, -0.1) is 0 Å². The number of rotatable bonds is 5. The molecule has 8 heteroatoms. The second-order valence-electron chi connectivity index (χ2n) is 6.61. The highest BCUT2D eigenvalue weighted by Gasteiger charge is 2.50. The van der Waals surface area contributed by atoms with Gasteiger partial charge >= 0.3 is 6.03 Å². The van der Waals surface area contributed by atoms with E-state index >= 15 is 0 Å².